The molecule has 0 unspecified atom stereocenters. The van der Waals surface area contributed by atoms with Gasteiger partial charge in [-0.25, -0.2) is 0 Å². The van der Waals surface area contributed by atoms with Crippen LogP contribution in [-0.4, -0.2) is 41.5 Å². The molecule has 0 bridgehead atoms. The summed E-state index contributed by atoms with van der Waals surface area (Å²) in [7, 11) is 0. The molecule has 2 aromatic rings. The van der Waals surface area contributed by atoms with Gasteiger partial charge >= 0.3 is 0 Å². The maximum Gasteiger partial charge on any atom is 0.0602 e. The van der Waals surface area contributed by atoms with Crippen molar-refractivity contribution in [1.82, 2.24) is 9.88 Å². The van der Waals surface area contributed by atoms with E-state index >= 15 is 0 Å². The van der Waals surface area contributed by atoms with Gasteiger partial charge in [0.15, 0.2) is 0 Å². The highest BCUT2D eigenvalue weighted by atomic mass is 16.0. The summed E-state index contributed by atoms with van der Waals surface area (Å²) in [4.78, 5) is 9.52. The van der Waals surface area contributed by atoms with Gasteiger partial charge in [0, 0.05) is 25.0 Å². The molecule has 0 radical (unpaired) electrons. The number of pyridine rings is 1. The second-order valence-corrected chi connectivity index (χ2v) is 5.98. The van der Waals surface area contributed by atoms with Crippen LogP contribution in [0.2, 0.25) is 0 Å². The number of likely N-dealkylation sites (tertiary alicyclic amines) is 1. The minimum atomic E-state index is 0. The summed E-state index contributed by atoms with van der Waals surface area (Å²) in [6.07, 6.45) is 5.98. The molecule has 1 aliphatic heterocycles. The Labute approximate surface area is 139 Å². The predicted molar refractivity (Wildman–Crippen MR) is 95.6 cm³/mol. The summed E-state index contributed by atoms with van der Waals surface area (Å²) in [5.74, 6) is 0. The third-order valence-electron chi connectivity index (χ3n) is 4.34. The molecule has 1 aromatic carbocycles. The number of rotatable bonds is 6. The van der Waals surface area contributed by atoms with Gasteiger partial charge in [-0.05, 0) is 50.2 Å². The van der Waals surface area contributed by atoms with Crippen molar-refractivity contribution in [2.45, 2.75) is 25.8 Å². The van der Waals surface area contributed by atoms with E-state index in [1.165, 1.54) is 38.0 Å². The van der Waals surface area contributed by atoms with Crippen molar-refractivity contribution >= 4 is 5.69 Å². The van der Waals surface area contributed by atoms with Crippen LogP contribution in [0.1, 0.15) is 25.0 Å². The fourth-order valence-electron chi connectivity index (χ4n) is 3.07. The molecule has 0 amide bonds. The van der Waals surface area contributed by atoms with Crippen LogP contribution >= 0.6 is 0 Å². The Morgan fingerprint density at radius 3 is 2.35 bits per heavy atom. The molecule has 1 fully saturated rings. The zero-order valence-electron chi connectivity index (χ0n) is 13.7. The molecule has 124 valence electrons. The van der Waals surface area contributed by atoms with Gasteiger partial charge in [0.2, 0.25) is 0 Å². The second-order valence-electron chi connectivity index (χ2n) is 5.98. The summed E-state index contributed by atoms with van der Waals surface area (Å²) < 4.78 is 0. The number of aromatic nitrogens is 1. The average Bonchev–Trinajstić information content (AvgIpc) is 2.61. The highest BCUT2D eigenvalue weighted by Crippen LogP contribution is 2.16. The monoisotopic (exact) mass is 313 g/mol. The molecule has 4 nitrogen and oxygen atoms in total. The number of hydrogen-bond acceptors (Lipinski definition) is 3. The van der Waals surface area contributed by atoms with Gasteiger partial charge in [-0.15, -0.1) is 0 Å². The molecular formula is C19H27N3O. The van der Waals surface area contributed by atoms with E-state index in [-0.39, 0.29) is 5.48 Å². The van der Waals surface area contributed by atoms with E-state index < -0.39 is 0 Å². The van der Waals surface area contributed by atoms with Crippen LogP contribution in [0, 0.1) is 0 Å². The van der Waals surface area contributed by atoms with Crippen LogP contribution in [0.25, 0.3) is 0 Å². The maximum absolute atomic E-state index is 4.48. The van der Waals surface area contributed by atoms with E-state index in [4.69, 9.17) is 0 Å². The van der Waals surface area contributed by atoms with E-state index in [0.717, 1.165) is 25.3 Å². The maximum atomic E-state index is 4.48. The van der Waals surface area contributed by atoms with E-state index in [0.29, 0.717) is 0 Å². The van der Waals surface area contributed by atoms with Crippen molar-refractivity contribution in [3.05, 3.63) is 60.4 Å². The molecular weight excluding hydrogens is 286 g/mol. The highest BCUT2D eigenvalue weighted by molar-refractivity contribution is 5.46. The zero-order valence-corrected chi connectivity index (χ0v) is 13.7. The van der Waals surface area contributed by atoms with Crippen LogP contribution in [0.4, 0.5) is 5.69 Å². The van der Waals surface area contributed by atoms with Crippen molar-refractivity contribution in [3.8, 4) is 0 Å². The van der Waals surface area contributed by atoms with Crippen molar-refractivity contribution in [1.29, 1.82) is 0 Å². The molecule has 3 rings (SSSR count). The van der Waals surface area contributed by atoms with Crippen molar-refractivity contribution < 1.29 is 5.48 Å². The largest absolute Gasteiger partial charge is 0.412 e. The van der Waals surface area contributed by atoms with Gasteiger partial charge in [0.1, 0.15) is 0 Å². The predicted octanol–water partition coefficient (Wildman–Crippen LogP) is 2.75. The van der Waals surface area contributed by atoms with Crippen LogP contribution < -0.4 is 4.90 Å². The summed E-state index contributed by atoms with van der Waals surface area (Å²) >= 11 is 0. The number of piperidine rings is 1. The van der Waals surface area contributed by atoms with Crippen LogP contribution in [-0.2, 0) is 6.54 Å². The lowest BCUT2D eigenvalue weighted by atomic mass is 10.1. The first-order valence-corrected chi connectivity index (χ1v) is 8.34. The first kappa shape index (κ1) is 17.4. The summed E-state index contributed by atoms with van der Waals surface area (Å²) in [6, 6.07) is 16.8. The first-order chi connectivity index (χ1) is 10.9. The second kappa shape index (κ2) is 9.28. The number of benzene rings is 1. The number of anilines is 1. The normalized spacial score (nSPS) is 15.0. The molecule has 0 spiro atoms. The Hall–Kier alpha value is -1.91. The minimum Gasteiger partial charge on any atom is -0.412 e. The zero-order chi connectivity index (χ0) is 15.0. The molecule has 23 heavy (non-hydrogen) atoms. The lowest BCUT2D eigenvalue weighted by molar-refractivity contribution is 0.233. The Morgan fingerprint density at radius 2 is 1.65 bits per heavy atom. The van der Waals surface area contributed by atoms with Gasteiger partial charge in [-0.2, -0.15) is 0 Å². The number of nitrogens with zero attached hydrogens (tertiary/aromatic N) is 3. The Morgan fingerprint density at radius 1 is 0.913 bits per heavy atom. The van der Waals surface area contributed by atoms with Gasteiger partial charge in [0.05, 0.1) is 12.2 Å². The lowest BCUT2D eigenvalue weighted by Crippen LogP contribution is -2.37. The Balaban J connectivity index is 0.00000192. The van der Waals surface area contributed by atoms with Crippen LogP contribution in [0.15, 0.2) is 54.7 Å². The molecule has 1 aromatic heterocycles. The molecule has 4 heteroatoms. The number of para-hydroxylation sites is 1. The van der Waals surface area contributed by atoms with Gasteiger partial charge < -0.3 is 15.3 Å². The average molecular weight is 313 g/mol. The standard InChI is InChI=1S/C19H25N3.H2O/c1-3-10-19(11-4-1)22(17-18-9-5-6-12-20-18)16-15-21-13-7-2-8-14-21;/h1,3-6,9-12H,2,7-8,13-17H2;1H2. The Bertz CT molecular complexity index is 541. The van der Waals surface area contributed by atoms with Crippen LogP contribution in [0.5, 0.6) is 0 Å². The summed E-state index contributed by atoms with van der Waals surface area (Å²) in [6.45, 7) is 5.58. The van der Waals surface area contributed by atoms with Crippen molar-refractivity contribution in [3.63, 3.8) is 0 Å². The van der Waals surface area contributed by atoms with Crippen LogP contribution in [0.3, 0.4) is 0 Å². The van der Waals surface area contributed by atoms with Gasteiger partial charge in [-0.1, -0.05) is 30.7 Å². The summed E-state index contributed by atoms with van der Waals surface area (Å²) in [5, 5.41) is 0. The smallest absolute Gasteiger partial charge is 0.0602 e. The topological polar surface area (TPSA) is 50.9 Å². The summed E-state index contributed by atoms with van der Waals surface area (Å²) in [5.41, 5.74) is 2.41. The molecule has 0 saturated carbocycles. The van der Waals surface area contributed by atoms with E-state index in [9.17, 15) is 0 Å². The molecule has 2 N–H and O–H groups in total. The molecule has 0 aliphatic carbocycles. The van der Waals surface area contributed by atoms with Crippen molar-refractivity contribution in [2.75, 3.05) is 31.1 Å². The molecule has 0 atom stereocenters. The lowest BCUT2D eigenvalue weighted by Gasteiger charge is -2.31. The van der Waals surface area contributed by atoms with Gasteiger partial charge in [-0.3, -0.25) is 4.98 Å². The highest BCUT2D eigenvalue weighted by Gasteiger charge is 2.13. The third-order valence-corrected chi connectivity index (χ3v) is 4.34. The van der Waals surface area contributed by atoms with E-state index in [1.807, 2.05) is 12.3 Å². The molecule has 2 heterocycles. The molecule has 1 aliphatic rings. The molecule has 1 saturated heterocycles. The fraction of sp³-hybridized carbons (Fsp3) is 0.421. The Kier molecular flexibility index (Phi) is 7.04. The van der Waals surface area contributed by atoms with Gasteiger partial charge in [0.25, 0.3) is 0 Å². The fourth-order valence-corrected chi connectivity index (χ4v) is 3.07. The number of hydrogen-bond donors (Lipinski definition) is 0. The quantitative estimate of drug-likeness (QED) is 0.824. The first-order valence-electron chi connectivity index (χ1n) is 8.34. The third kappa shape index (κ3) is 5.34. The van der Waals surface area contributed by atoms with E-state index in [1.54, 1.807) is 0 Å². The van der Waals surface area contributed by atoms with E-state index in [2.05, 4.69) is 57.2 Å². The SMILES string of the molecule is O.c1ccc(N(CCN2CCCCC2)Cc2ccccn2)cc1. The minimum absolute atomic E-state index is 0. The van der Waals surface area contributed by atoms with Crippen molar-refractivity contribution in [2.24, 2.45) is 0 Å².